The van der Waals surface area contributed by atoms with Gasteiger partial charge in [0.25, 0.3) is 0 Å². The predicted molar refractivity (Wildman–Crippen MR) is 324 cm³/mol. The van der Waals surface area contributed by atoms with Gasteiger partial charge in [-0.1, -0.05) is 119 Å². The first-order valence-electron chi connectivity index (χ1n) is 27.2. The van der Waals surface area contributed by atoms with Crippen LogP contribution in [0.25, 0.3) is 111 Å². The lowest BCUT2D eigenvalue weighted by atomic mass is 9.92. The smallest absolute Gasteiger partial charge is 0.200 e. The van der Waals surface area contributed by atoms with E-state index >= 15 is 22.0 Å². The summed E-state index contributed by atoms with van der Waals surface area (Å²) in [7, 11) is 0. The summed E-state index contributed by atoms with van der Waals surface area (Å²) in [6.45, 7) is 24.9. The molecule has 12 rings (SSSR count). The fourth-order valence-corrected chi connectivity index (χ4v) is 13.8. The van der Waals surface area contributed by atoms with Gasteiger partial charge in [-0.25, -0.2) is 22.0 Å². The van der Waals surface area contributed by atoms with E-state index in [2.05, 4.69) is 210 Å². The molecule has 0 unspecified atom stereocenters. The topological polar surface area (TPSA) is 33.6 Å². The van der Waals surface area contributed by atoms with Crippen LogP contribution in [0.4, 0.5) is 22.0 Å². The maximum Gasteiger partial charge on any atom is 0.200 e. The van der Waals surface area contributed by atoms with E-state index in [1.807, 2.05) is 9.13 Å². The Kier molecular flexibility index (Phi) is 12.6. The second-order valence-electron chi connectivity index (χ2n) is 22.6. The molecule has 0 amide bonds. The number of aromatic nitrogens is 2. The predicted octanol–water partition coefficient (Wildman–Crippen LogP) is 20.5. The molecule has 81 heavy (non-hydrogen) atoms. The van der Waals surface area contributed by atoms with E-state index in [0.29, 0.717) is 22.1 Å². The van der Waals surface area contributed by atoms with Crippen molar-refractivity contribution in [3.05, 3.63) is 235 Å². The quantitative estimate of drug-likeness (QED) is 0.0890. The van der Waals surface area contributed by atoms with Crippen molar-refractivity contribution in [2.45, 2.75) is 83.1 Å². The van der Waals surface area contributed by atoms with E-state index in [-0.39, 0.29) is 22.5 Å². The van der Waals surface area contributed by atoms with Crippen LogP contribution in [-0.2, 0) is 0 Å². The summed E-state index contributed by atoms with van der Waals surface area (Å²) in [4.78, 5) is 0. The minimum absolute atomic E-state index is 0.0997. The summed E-state index contributed by atoms with van der Waals surface area (Å²) >= 11 is 0. The van der Waals surface area contributed by atoms with Crippen molar-refractivity contribution in [2.24, 2.45) is 0 Å². The first-order chi connectivity index (χ1) is 38.6. The van der Waals surface area contributed by atoms with Crippen LogP contribution in [-0.4, -0.2) is 9.13 Å². The van der Waals surface area contributed by atoms with Crippen LogP contribution in [0.5, 0.6) is 0 Å². The van der Waals surface area contributed by atoms with Gasteiger partial charge in [0.1, 0.15) is 11.6 Å². The van der Waals surface area contributed by atoms with Gasteiger partial charge in [-0.3, -0.25) is 0 Å². The van der Waals surface area contributed by atoms with Crippen molar-refractivity contribution in [2.75, 3.05) is 0 Å². The van der Waals surface area contributed by atoms with E-state index < -0.39 is 34.6 Å². The second kappa shape index (κ2) is 19.3. The van der Waals surface area contributed by atoms with Crippen molar-refractivity contribution in [3.63, 3.8) is 0 Å². The maximum absolute atomic E-state index is 16.8. The van der Waals surface area contributed by atoms with Crippen molar-refractivity contribution in [3.8, 4) is 73.1 Å². The molecule has 0 atom stereocenters. The van der Waals surface area contributed by atoms with Crippen LogP contribution < -0.4 is 0 Å². The lowest BCUT2D eigenvalue weighted by Gasteiger charge is -2.20. The second-order valence-corrected chi connectivity index (χ2v) is 22.6. The van der Waals surface area contributed by atoms with E-state index in [0.717, 1.165) is 133 Å². The third-order valence-electron chi connectivity index (χ3n) is 16.6. The van der Waals surface area contributed by atoms with Crippen molar-refractivity contribution < 1.29 is 22.0 Å². The van der Waals surface area contributed by atoms with Gasteiger partial charge in [-0.15, -0.1) is 0 Å². The number of aryl methyl sites for hydroxylation is 12. The number of halogens is 5. The fraction of sp³-hybridized carbons (Fsp3) is 0.164. The Morgan fingerprint density at radius 1 is 0.284 bits per heavy atom. The zero-order valence-electron chi connectivity index (χ0n) is 47.4. The molecule has 2 aromatic heterocycles. The van der Waals surface area contributed by atoms with Crippen molar-refractivity contribution in [1.82, 2.24) is 9.13 Å². The van der Waals surface area contributed by atoms with Gasteiger partial charge in [0.05, 0.1) is 39.0 Å². The summed E-state index contributed by atoms with van der Waals surface area (Å²) in [5.74, 6) is -10.4. The fourth-order valence-electron chi connectivity index (χ4n) is 13.8. The van der Waals surface area contributed by atoms with Gasteiger partial charge in [-0.2, -0.15) is 5.26 Å². The summed E-state index contributed by atoms with van der Waals surface area (Å²) in [6.07, 6.45) is 0. The molecule has 0 aliphatic carbocycles. The molecular weight excluding hydrogens is 1010 g/mol. The standard InChI is InChI=1S/C73H58F5N3/c1-36-21-40(5)64(41(6)22-36)48-13-17-53-54-18-14-49(65-42(7)23-37(2)24-43(65)8)30-59(54)80(58(53)29-48)62-33-52(68-69(74)71(76)73(78)72(77)70(68)75)34-63(57(62)35-79)81-60-31-50(66-44(9)25-38(3)26-45(66)10)15-19-55(60)56-20-16-51(32-61(56)81)67-46(11)27-39(4)28-47(67)12/h13-34H,1-12H3. The van der Waals surface area contributed by atoms with Gasteiger partial charge in [0.15, 0.2) is 23.3 Å². The van der Waals surface area contributed by atoms with Crippen LogP contribution in [0.1, 0.15) is 72.3 Å². The van der Waals surface area contributed by atoms with Crippen LogP contribution in [0.2, 0.25) is 0 Å². The zero-order chi connectivity index (χ0) is 57.4. The molecule has 0 spiro atoms. The highest BCUT2D eigenvalue weighted by atomic mass is 19.2. The highest BCUT2D eigenvalue weighted by molar-refractivity contribution is 6.14. The Balaban J connectivity index is 1.29. The SMILES string of the molecule is Cc1cc(C)c(-c2ccc3c4ccc(-c5c(C)cc(C)cc5C)cc4n(-c4cc(-c5c(F)c(F)c(F)c(F)c5F)cc(-n5c6cc(-c7c(C)cc(C)cc7C)ccc6c6ccc(-c7c(C)cc(C)cc7C)cc65)c4C#N)c3c2)c(C)c1. The van der Waals surface area contributed by atoms with E-state index in [1.165, 1.54) is 12.1 Å². The maximum atomic E-state index is 16.8. The minimum Gasteiger partial charge on any atom is -0.308 e. The van der Waals surface area contributed by atoms with Crippen molar-refractivity contribution >= 4 is 43.6 Å². The van der Waals surface area contributed by atoms with E-state index in [1.54, 1.807) is 0 Å². The van der Waals surface area contributed by atoms with E-state index in [9.17, 15) is 5.26 Å². The molecule has 0 radical (unpaired) electrons. The summed E-state index contributed by atoms with van der Waals surface area (Å²) in [5, 5.41) is 15.4. The summed E-state index contributed by atoms with van der Waals surface area (Å²) in [6, 6.07) is 47.4. The van der Waals surface area contributed by atoms with Crippen LogP contribution in [0.15, 0.2) is 133 Å². The average Bonchev–Trinajstić information content (AvgIpc) is 4.13. The lowest BCUT2D eigenvalue weighted by Crippen LogP contribution is -2.08. The van der Waals surface area contributed by atoms with Gasteiger partial charge >= 0.3 is 0 Å². The number of nitriles is 1. The molecule has 0 aliphatic rings. The number of hydrogen-bond donors (Lipinski definition) is 0. The third-order valence-corrected chi connectivity index (χ3v) is 16.6. The van der Waals surface area contributed by atoms with Gasteiger partial charge < -0.3 is 9.13 Å². The van der Waals surface area contributed by atoms with Crippen LogP contribution in [0.3, 0.4) is 0 Å². The van der Waals surface area contributed by atoms with E-state index in [4.69, 9.17) is 0 Å². The Bertz CT molecular complexity index is 4180. The summed E-state index contributed by atoms with van der Waals surface area (Å²) < 4.78 is 84.2. The first kappa shape index (κ1) is 52.6. The van der Waals surface area contributed by atoms with Gasteiger partial charge in [0.2, 0.25) is 5.82 Å². The Morgan fingerprint density at radius 3 is 0.753 bits per heavy atom. The largest absolute Gasteiger partial charge is 0.308 e. The van der Waals surface area contributed by atoms with Gasteiger partial charge in [0, 0.05) is 21.5 Å². The molecule has 0 bridgehead atoms. The Morgan fingerprint density at radius 2 is 0.519 bits per heavy atom. The molecule has 0 fully saturated rings. The molecule has 0 aliphatic heterocycles. The van der Waals surface area contributed by atoms with Crippen LogP contribution >= 0.6 is 0 Å². The van der Waals surface area contributed by atoms with Gasteiger partial charge in [-0.05, 0) is 214 Å². The zero-order valence-corrected chi connectivity index (χ0v) is 47.4. The van der Waals surface area contributed by atoms with Crippen molar-refractivity contribution in [1.29, 1.82) is 5.26 Å². The molecule has 8 heteroatoms. The number of hydrogen-bond acceptors (Lipinski definition) is 1. The third kappa shape index (κ3) is 8.35. The average molecular weight is 1070 g/mol. The molecule has 0 saturated carbocycles. The number of rotatable bonds is 7. The first-order valence-corrected chi connectivity index (χ1v) is 27.2. The molecule has 10 aromatic carbocycles. The number of nitrogens with zero attached hydrogens (tertiary/aromatic N) is 3. The highest BCUT2D eigenvalue weighted by Gasteiger charge is 2.31. The normalized spacial score (nSPS) is 11.8. The minimum atomic E-state index is -2.26. The molecule has 0 saturated heterocycles. The number of benzene rings is 10. The molecule has 0 N–H and O–H groups in total. The molecule has 2 heterocycles. The molecular formula is C73H58F5N3. The molecule has 3 nitrogen and oxygen atoms in total. The Hall–Kier alpha value is -9.06. The Labute approximate surface area is 468 Å². The summed E-state index contributed by atoms with van der Waals surface area (Å²) in [5.41, 5.74) is 22.3. The van der Waals surface area contributed by atoms with Crippen LogP contribution in [0, 0.1) is 124 Å². The lowest BCUT2D eigenvalue weighted by molar-refractivity contribution is 0.381. The number of fused-ring (bicyclic) bond motifs is 6. The molecule has 400 valence electrons. The highest BCUT2D eigenvalue weighted by Crippen LogP contribution is 2.46. The molecule has 12 aromatic rings. The monoisotopic (exact) mass is 1070 g/mol.